The fourth-order valence-electron chi connectivity index (χ4n) is 3.48. The van der Waals surface area contributed by atoms with Crippen molar-refractivity contribution in [3.63, 3.8) is 0 Å². The van der Waals surface area contributed by atoms with Crippen LogP contribution < -0.4 is 0 Å². The minimum Gasteiger partial charge on any atom is -0.465 e. The molecule has 1 rings (SSSR count). The van der Waals surface area contributed by atoms with E-state index in [0.717, 1.165) is 0 Å². The van der Waals surface area contributed by atoms with E-state index in [0.29, 0.717) is 19.1 Å². The summed E-state index contributed by atoms with van der Waals surface area (Å²) in [6.45, 7) is 4.00. The lowest BCUT2D eigenvalue weighted by Gasteiger charge is -2.42. The molecule has 4 nitrogen and oxygen atoms in total. The first-order valence-corrected chi connectivity index (χ1v) is 11.0. The van der Waals surface area contributed by atoms with Crippen molar-refractivity contribution in [3.8, 4) is 0 Å². The van der Waals surface area contributed by atoms with Gasteiger partial charge in [-0.05, 0) is 50.4 Å². The van der Waals surface area contributed by atoms with Gasteiger partial charge in [-0.2, -0.15) is 0 Å². The van der Waals surface area contributed by atoms with Gasteiger partial charge in [0.1, 0.15) is 15.6 Å². The highest BCUT2D eigenvalue weighted by Gasteiger charge is 2.57. The predicted molar refractivity (Wildman–Crippen MR) is 96.3 cm³/mol. The van der Waals surface area contributed by atoms with Crippen molar-refractivity contribution < 1.29 is 19.4 Å². The van der Waals surface area contributed by atoms with Crippen LogP contribution in [0.15, 0.2) is 0 Å². The molecule has 0 aromatic carbocycles. The van der Waals surface area contributed by atoms with E-state index in [9.17, 15) is 14.7 Å². The number of hydrogen-bond donors (Lipinski definition) is 1. The molecule has 0 aromatic heterocycles. The number of thioether (sulfide) groups is 3. The van der Waals surface area contributed by atoms with Crippen LogP contribution in [0.5, 0.6) is 0 Å². The topological polar surface area (TPSA) is 63.6 Å². The van der Waals surface area contributed by atoms with Crippen molar-refractivity contribution in [2.24, 2.45) is 17.8 Å². The summed E-state index contributed by atoms with van der Waals surface area (Å²) in [5.74, 6) is -1.34. The van der Waals surface area contributed by atoms with Crippen LogP contribution in [-0.4, -0.2) is 51.7 Å². The SMILES string of the molecule is CCOC(=O)C(C=O)C1CC(O)(C(SC)(SC)SC)CC1C. The molecule has 0 saturated heterocycles. The molecule has 0 radical (unpaired) electrons. The quantitative estimate of drug-likeness (QED) is 0.307. The number of carbonyl (C=O) groups is 2. The smallest absolute Gasteiger partial charge is 0.316 e. The van der Waals surface area contributed by atoms with E-state index >= 15 is 0 Å². The number of aldehydes is 1. The summed E-state index contributed by atoms with van der Waals surface area (Å²) in [7, 11) is 0. The van der Waals surface area contributed by atoms with Gasteiger partial charge in [0.2, 0.25) is 0 Å². The molecule has 128 valence electrons. The van der Waals surface area contributed by atoms with E-state index in [1.165, 1.54) is 0 Å². The number of carbonyl (C=O) groups excluding carboxylic acids is 2. The van der Waals surface area contributed by atoms with Gasteiger partial charge in [0.15, 0.2) is 0 Å². The molecule has 1 aliphatic rings. The summed E-state index contributed by atoms with van der Waals surface area (Å²) in [5.41, 5.74) is -0.914. The largest absolute Gasteiger partial charge is 0.465 e. The lowest BCUT2D eigenvalue weighted by atomic mass is 9.85. The van der Waals surface area contributed by atoms with Crippen LogP contribution in [0.25, 0.3) is 0 Å². The van der Waals surface area contributed by atoms with Crippen LogP contribution >= 0.6 is 35.3 Å². The second-order valence-electron chi connectivity index (χ2n) is 5.66. The van der Waals surface area contributed by atoms with Gasteiger partial charge in [-0.1, -0.05) is 6.92 Å². The van der Waals surface area contributed by atoms with Gasteiger partial charge in [-0.25, -0.2) is 0 Å². The Bertz CT molecular complexity index is 392. The van der Waals surface area contributed by atoms with Gasteiger partial charge in [0, 0.05) is 0 Å². The Kier molecular flexibility index (Phi) is 7.63. The van der Waals surface area contributed by atoms with Gasteiger partial charge in [0.05, 0.1) is 12.2 Å². The molecular formula is C15H26O4S3. The molecule has 7 heteroatoms. The summed E-state index contributed by atoms with van der Waals surface area (Å²) in [5, 5.41) is 11.3. The lowest BCUT2D eigenvalue weighted by molar-refractivity contribution is -0.152. The number of aliphatic hydroxyl groups is 1. The summed E-state index contributed by atoms with van der Waals surface area (Å²) in [4.78, 5) is 23.5. The van der Waals surface area contributed by atoms with Crippen LogP contribution in [0.3, 0.4) is 0 Å². The van der Waals surface area contributed by atoms with Gasteiger partial charge >= 0.3 is 5.97 Å². The maximum Gasteiger partial charge on any atom is 0.316 e. The molecule has 1 saturated carbocycles. The van der Waals surface area contributed by atoms with Crippen LogP contribution in [0.2, 0.25) is 0 Å². The Hall–Kier alpha value is 0.150. The van der Waals surface area contributed by atoms with Crippen molar-refractivity contribution in [2.45, 2.75) is 35.7 Å². The molecule has 0 bridgehead atoms. The lowest BCUT2D eigenvalue weighted by Crippen LogP contribution is -2.45. The fourth-order valence-corrected chi connectivity index (χ4v) is 7.12. The Balaban J connectivity index is 3.04. The van der Waals surface area contributed by atoms with E-state index < -0.39 is 20.9 Å². The first-order chi connectivity index (χ1) is 10.3. The number of rotatable bonds is 8. The summed E-state index contributed by atoms with van der Waals surface area (Å²) < 4.78 is 4.63. The summed E-state index contributed by atoms with van der Waals surface area (Å²) >= 11 is 4.88. The van der Waals surface area contributed by atoms with E-state index in [4.69, 9.17) is 4.74 Å². The van der Waals surface area contributed by atoms with Crippen LogP contribution in [0, 0.1) is 17.8 Å². The second kappa shape index (κ2) is 8.31. The van der Waals surface area contributed by atoms with Gasteiger partial charge < -0.3 is 14.6 Å². The molecule has 0 amide bonds. The summed E-state index contributed by atoms with van der Waals surface area (Å²) in [6.07, 6.45) is 7.69. The highest BCUT2D eigenvalue weighted by Crippen LogP contribution is 2.59. The third kappa shape index (κ3) is 3.62. The van der Waals surface area contributed by atoms with Crippen LogP contribution in [0.1, 0.15) is 26.7 Å². The van der Waals surface area contributed by atoms with Crippen molar-refractivity contribution >= 4 is 47.5 Å². The Morgan fingerprint density at radius 2 is 1.91 bits per heavy atom. The molecule has 0 aromatic rings. The molecule has 0 aliphatic heterocycles. The minimum absolute atomic E-state index is 0.0930. The van der Waals surface area contributed by atoms with E-state index in [1.807, 2.05) is 25.7 Å². The minimum atomic E-state index is -0.914. The Morgan fingerprint density at radius 1 is 1.36 bits per heavy atom. The number of esters is 1. The predicted octanol–water partition coefficient (Wildman–Crippen LogP) is 2.88. The zero-order valence-electron chi connectivity index (χ0n) is 13.8. The molecule has 22 heavy (non-hydrogen) atoms. The average Bonchev–Trinajstić information content (AvgIpc) is 2.79. The van der Waals surface area contributed by atoms with E-state index in [2.05, 4.69) is 0 Å². The van der Waals surface area contributed by atoms with Crippen LogP contribution in [-0.2, 0) is 14.3 Å². The maximum atomic E-state index is 12.0. The van der Waals surface area contributed by atoms with Crippen molar-refractivity contribution in [1.29, 1.82) is 0 Å². The third-order valence-corrected chi connectivity index (χ3v) is 10.3. The second-order valence-corrected chi connectivity index (χ2v) is 9.50. The van der Waals surface area contributed by atoms with Gasteiger partial charge in [-0.3, -0.25) is 4.79 Å². The maximum absolute atomic E-state index is 12.0. The van der Waals surface area contributed by atoms with E-state index in [-0.39, 0.29) is 18.4 Å². The third-order valence-electron chi connectivity index (χ3n) is 4.51. The fraction of sp³-hybridized carbons (Fsp3) is 0.867. The molecule has 0 heterocycles. The molecule has 4 atom stereocenters. The number of hydrogen-bond acceptors (Lipinski definition) is 7. The highest BCUT2D eigenvalue weighted by atomic mass is 32.3. The highest BCUT2D eigenvalue weighted by molar-refractivity contribution is 8.33. The number of ether oxygens (including phenoxy) is 1. The van der Waals surface area contributed by atoms with Gasteiger partial charge in [0.25, 0.3) is 0 Å². The van der Waals surface area contributed by atoms with Gasteiger partial charge in [-0.15, -0.1) is 35.3 Å². The first kappa shape index (κ1) is 20.2. The van der Waals surface area contributed by atoms with Crippen molar-refractivity contribution in [1.82, 2.24) is 0 Å². The molecule has 4 unspecified atom stereocenters. The monoisotopic (exact) mass is 366 g/mol. The van der Waals surface area contributed by atoms with Crippen molar-refractivity contribution in [2.75, 3.05) is 25.4 Å². The molecule has 1 N–H and O–H groups in total. The normalized spacial score (nSPS) is 30.1. The molecule has 1 fully saturated rings. The van der Waals surface area contributed by atoms with E-state index in [1.54, 1.807) is 42.2 Å². The standard InChI is InChI=1S/C15H26O4S3/c1-6-19-13(17)12(9-16)11-8-14(18,7-10(11)2)15(20-3,21-4)22-5/h9-12,18H,6-8H2,1-5H3. The molecule has 1 aliphatic carbocycles. The Morgan fingerprint density at radius 3 is 2.32 bits per heavy atom. The summed E-state index contributed by atoms with van der Waals surface area (Å²) in [6, 6.07) is 0. The van der Waals surface area contributed by atoms with Crippen LogP contribution in [0.4, 0.5) is 0 Å². The Labute approximate surface area is 145 Å². The molecular weight excluding hydrogens is 340 g/mol. The zero-order chi connectivity index (χ0) is 17.0. The average molecular weight is 367 g/mol. The first-order valence-electron chi connectivity index (χ1n) is 7.34. The molecule has 0 spiro atoms. The zero-order valence-corrected chi connectivity index (χ0v) is 16.3. The van der Waals surface area contributed by atoms with Crippen molar-refractivity contribution in [3.05, 3.63) is 0 Å².